The lowest BCUT2D eigenvalue weighted by molar-refractivity contribution is 0.201. The zero-order valence-corrected chi connectivity index (χ0v) is 15.6. The fourth-order valence-electron chi connectivity index (χ4n) is 3.71. The van der Waals surface area contributed by atoms with Gasteiger partial charge in [0.1, 0.15) is 11.6 Å². The second-order valence-corrected chi connectivity index (χ2v) is 9.18. The minimum absolute atomic E-state index is 0.0382. The van der Waals surface area contributed by atoms with Crippen molar-refractivity contribution in [1.29, 1.82) is 0 Å². The minimum Gasteiger partial charge on any atom is -0.439 e. The van der Waals surface area contributed by atoms with Crippen LogP contribution in [0.3, 0.4) is 0 Å². The fourth-order valence-corrected chi connectivity index (χ4v) is 5.51. The second kappa shape index (κ2) is 6.37. The molecule has 0 spiro atoms. The van der Waals surface area contributed by atoms with E-state index in [1.54, 1.807) is 15.7 Å². The van der Waals surface area contributed by atoms with E-state index in [0.29, 0.717) is 23.9 Å². The summed E-state index contributed by atoms with van der Waals surface area (Å²) in [6.45, 7) is 2.53. The van der Waals surface area contributed by atoms with E-state index in [1.807, 2.05) is 31.2 Å². The average molecular weight is 363 g/mol. The van der Waals surface area contributed by atoms with Crippen LogP contribution in [0, 0.1) is 5.92 Å². The van der Waals surface area contributed by atoms with Gasteiger partial charge >= 0.3 is 0 Å². The Labute approximate surface area is 149 Å². The fraction of sp³-hybridized carbons (Fsp3) is 0.611. The van der Waals surface area contributed by atoms with Gasteiger partial charge in [0.15, 0.2) is 5.58 Å². The maximum absolute atomic E-state index is 13.2. The minimum atomic E-state index is -3.53. The first-order valence-electron chi connectivity index (χ1n) is 9.09. The maximum atomic E-state index is 13.2. The highest BCUT2D eigenvalue weighted by molar-refractivity contribution is 7.86. The number of piperidine rings is 1. The van der Waals surface area contributed by atoms with Crippen molar-refractivity contribution in [2.45, 2.75) is 51.1 Å². The number of fused-ring (bicyclic) bond motifs is 1. The number of rotatable bonds is 5. The molecular formula is C18H25N3O3S. The summed E-state index contributed by atoms with van der Waals surface area (Å²) in [6.07, 6.45) is 4.85. The lowest BCUT2D eigenvalue weighted by Gasteiger charge is -2.37. The topological polar surface area (TPSA) is 66.7 Å². The van der Waals surface area contributed by atoms with Crippen LogP contribution in [0.5, 0.6) is 0 Å². The first-order valence-corrected chi connectivity index (χ1v) is 10.5. The van der Waals surface area contributed by atoms with Crippen LogP contribution in [0.15, 0.2) is 28.7 Å². The van der Waals surface area contributed by atoms with E-state index in [1.165, 1.54) is 0 Å². The number of aromatic nitrogens is 1. The molecule has 25 heavy (non-hydrogen) atoms. The van der Waals surface area contributed by atoms with Gasteiger partial charge in [-0.3, -0.25) is 0 Å². The molecule has 2 fully saturated rings. The van der Waals surface area contributed by atoms with Gasteiger partial charge in [0.2, 0.25) is 5.89 Å². The quantitative estimate of drug-likeness (QED) is 0.817. The number of nitrogens with zero attached hydrogens (tertiary/aromatic N) is 3. The summed E-state index contributed by atoms with van der Waals surface area (Å²) in [6, 6.07) is 7.30. The van der Waals surface area contributed by atoms with Crippen molar-refractivity contribution in [2.75, 3.05) is 13.6 Å². The van der Waals surface area contributed by atoms with Gasteiger partial charge in [-0.1, -0.05) is 18.6 Å². The summed E-state index contributed by atoms with van der Waals surface area (Å²) in [5.74, 6) is 1.00. The molecule has 1 aromatic carbocycles. The molecular weight excluding hydrogens is 338 g/mol. The number of hydrogen-bond donors (Lipinski definition) is 0. The van der Waals surface area contributed by atoms with Crippen LogP contribution in [-0.4, -0.2) is 41.6 Å². The maximum Gasteiger partial charge on any atom is 0.282 e. The van der Waals surface area contributed by atoms with Crippen molar-refractivity contribution >= 4 is 21.3 Å². The van der Waals surface area contributed by atoms with Crippen molar-refractivity contribution < 1.29 is 12.8 Å². The third kappa shape index (κ3) is 3.09. The van der Waals surface area contributed by atoms with Gasteiger partial charge in [0.25, 0.3) is 10.2 Å². The normalized spacial score (nSPS) is 24.0. The van der Waals surface area contributed by atoms with E-state index in [-0.39, 0.29) is 12.1 Å². The monoisotopic (exact) mass is 363 g/mol. The molecule has 2 aliphatic rings. The third-order valence-electron chi connectivity index (χ3n) is 5.59. The SMILES string of the molecule is C[C@H](C1CC1)N(C)S(=O)(=O)N1CCCC[C@@H]1c1nc2ccccc2o1. The number of para-hydroxylation sites is 2. The van der Waals surface area contributed by atoms with E-state index in [0.717, 1.165) is 37.6 Å². The highest BCUT2D eigenvalue weighted by Gasteiger charge is 2.42. The predicted molar refractivity (Wildman–Crippen MR) is 96.2 cm³/mol. The van der Waals surface area contributed by atoms with E-state index in [9.17, 15) is 8.42 Å². The van der Waals surface area contributed by atoms with Crippen LogP contribution in [0.4, 0.5) is 0 Å². The molecule has 0 amide bonds. The molecule has 4 rings (SSSR count). The molecule has 1 saturated heterocycles. The molecule has 0 unspecified atom stereocenters. The molecule has 0 N–H and O–H groups in total. The van der Waals surface area contributed by atoms with Gasteiger partial charge in [-0.2, -0.15) is 17.0 Å². The zero-order chi connectivity index (χ0) is 17.6. The Hall–Kier alpha value is -1.44. The Morgan fingerprint density at radius 3 is 2.72 bits per heavy atom. The Morgan fingerprint density at radius 1 is 1.24 bits per heavy atom. The van der Waals surface area contributed by atoms with Crippen molar-refractivity contribution in [3.05, 3.63) is 30.2 Å². The molecule has 1 aromatic heterocycles. The Morgan fingerprint density at radius 2 is 2.00 bits per heavy atom. The molecule has 2 aromatic rings. The third-order valence-corrected chi connectivity index (χ3v) is 7.68. The van der Waals surface area contributed by atoms with Crippen molar-refractivity contribution in [3.63, 3.8) is 0 Å². The van der Waals surface area contributed by atoms with E-state index >= 15 is 0 Å². The molecule has 7 heteroatoms. The summed E-state index contributed by atoms with van der Waals surface area (Å²) < 4.78 is 35.5. The largest absolute Gasteiger partial charge is 0.439 e. The lowest BCUT2D eigenvalue weighted by atomic mass is 10.1. The summed E-state index contributed by atoms with van der Waals surface area (Å²) >= 11 is 0. The first-order chi connectivity index (χ1) is 12.0. The summed E-state index contributed by atoms with van der Waals surface area (Å²) in [7, 11) is -1.83. The van der Waals surface area contributed by atoms with Gasteiger partial charge in [0.05, 0.1) is 0 Å². The van der Waals surface area contributed by atoms with E-state index in [2.05, 4.69) is 4.98 Å². The Balaban J connectivity index is 1.66. The molecule has 1 saturated carbocycles. The molecule has 1 aliphatic carbocycles. The average Bonchev–Trinajstić information content (AvgIpc) is 3.38. The van der Waals surface area contributed by atoms with Crippen molar-refractivity contribution in [1.82, 2.24) is 13.6 Å². The van der Waals surface area contributed by atoms with Crippen LogP contribution in [-0.2, 0) is 10.2 Å². The molecule has 1 aliphatic heterocycles. The van der Waals surface area contributed by atoms with Gasteiger partial charge in [-0.15, -0.1) is 0 Å². The Kier molecular flexibility index (Phi) is 4.33. The number of benzene rings is 1. The predicted octanol–water partition coefficient (Wildman–Crippen LogP) is 3.33. The van der Waals surface area contributed by atoms with Crippen LogP contribution in [0.2, 0.25) is 0 Å². The van der Waals surface area contributed by atoms with Crippen molar-refractivity contribution in [3.8, 4) is 0 Å². The zero-order valence-electron chi connectivity index (χ0n) is 14.8. The van der Waals surface area contributed by atoms with E-state index < -0.39 is 10.2 Å². The van der Waals surface area contributed by atoms with Gasteiger partial charge < -0.3 is 4.42 Å². The van der Waals surface area contributed by atoms with Crippen molar-refractivity contribution in [2.24, 2.45) is 5.92 Å². The van der Waals surface area contributed by atoms with Crippen LogP contribution < -0.4 is 0 Å². The summed E-state index contributed by atoms with van der Waals surface area (Å²) in [4.78, 5) is 4.56. The highest BCUT2D eigenvalue weighted by Crippen LogP contribution is 2.39. The molecule has 2 heterocycles. The molecule has 136 valence electrons. The molecule has 0 radical (unpaired) electrons. The summed E-state index contributed by atoms with van der Waals surface area (Å²) in [5.41, 5.74) is 1.49. The van der Waals surface area contributed by atoms with E-state index in [4.69, 9.17) is 4.42 Å². The first kappa shape index (κ1) is 17.0. The Bertz CT molecular complexity index is 826. The van der Waals surface area contributed by atoms with Gasteiger partial charge in [-0.05, 0) is 50.7 Å². The molecule has 6 nitrogen and oxygen atoms in total. The molecule has 0 bridgehead atoms. The van der Waals surface area contributed by atoms with Crippen LogP contribution >= 0.6 is 0 Å². The number of hydrogen-bond acceptors (Lipinski definition) is 4. The lowest BCUT2D eigenvalue weighted by Crippen LogP contribution is -2.49. The molecule has 2 atom stereocenters. The number of oxazole rings is 1. The van der Waals surface area contributed by atoms with Crippen LogP contribution in [0.25, 0.3) is 11.1 Å². The van der Waals surface area contributed by atoms with Gasteiger partial charge in [-0.25, -0.2) is 4.98 Å². The second-order valence-electron chi connectivity index (χ2n) is 7.24. The van der Waals surface area contributed by atoms with Gasteiger partial charge in [0, 0.05) is 19.6 Å². The highest BCUT2D eigenvalue weighted by atomic mass is 32.2. The summed E-state index contributed by atoms with van der Waals surface area (Å²) in [5, 5.41) is 0. The smallest absolute Gasteiger partial charge is 0.282 e. The van der Waals surface area contributed by atoms with Crippen LogP contribution in [0.1, 0.15) is 51.0 Å². The standard InChI is InChI=1S/C18H25N3O3S/c1-13(14-10-11-14)20(2)25(22,23)21-12-6-5-8-16(21)18-19-15-7-3-4-9-17(15)24-18/h3-4,7,9,13-14,16H,5-6,8,10-12H2,1-2H3/t13-,16-/m1/s1.